The lowest BCUT2D eigenvalue weighted by atomic mass is 10.2. The molecule has 0 fully saturated rings. The van der Waals surface area contributed by atoms with Crippen molar-refractivity contribution in [2.45, 2.75) is 12.5 Å². The van der Waals surface area contributed by atoms with Crippen LogP contribution in [-0.2, 0) is 6.18 Å². The molecule has 0 spiro atoms. The highest BCUT2D eigenvalue weighted by atomic mass is 35.5. The van der Waals surface area contributed by atoms with E-state index in [4.69, 9.17) is 11.6 Å². The highest BCUT2D eigenvalue weighted by molar-refractivity contribution is 6.31. The largest absolute Gasteiger partial charge is 0.574 e. The van der Waals surface area contributed by atoms with Gasteiger partial charge in [0.15, 0.2) is 0 Å². The van der Waals surface area contributed by atoms with Gasteiger partial charge in [-0.2, -0.15) is 18.2 Å². The molecule has 1 aromatic heterocycles. The van der Waals surface area contributed by atoms with Gasteiger partial charge in [-0.15, -0.1) is 13.2 Å². The van der Waals surface area contributed by atoms with Gasteiger partial charge in [0.05, 0.1) is 4.92 Å². The molecule has 0 N–H and O–H groups in total. The molecule has 19 heavy (non-hydrogen) atoms. The zero-order chi connectivity index (χ0) is 15.0. The molecule has 0 amide bonds. The predicted octanol–water partition coefficient (Wildman–Crippen LogP) is 3.56. The Morgan fingerprint density at radius 3 is 2.16 bits per heavy atom. The number of aromatic nitrogens is 1. The number of hydrogen-bond acceptors (Lipinski definition) is 4. The molecule has 0 bridgehead atoms. The van der Waals surface area contributed by atoms with Gasteiger partial charge in [0.2, 0.25) is 11.0 Å². The minimum Gasteiger partial charge on any atom is -0.388 e. The second-order valence-electron chi connectivity index (χ2n) is 2.95. The summed E-state index contributed by atoms with van der Waals surface area (Å²) in [7, 11) is 0. The molecule has 0 atom stereocenters. The van der Waals surface area contributed by atoms with Gasteiger partial charge >= 0.3 is 18.2 Å². The minimum atomic E-state index is -5.31. The highest BCUT2D eigenvalue weighted by Gasteiger charge is 2.42. The van der Waals surface area contributed by atoms with Crippen molar-refractivity contribution in [3.63, 3.8) is 0 Å². The molecular weight excluding hydrogens is 310 g/mol. The summed E-state index contributed by atoms with van der Waals surface area (Å²) in [5.74, 6) is -1.55. The Balaban J connectivity index is 3.44. The first-order valence-corrected chi connectivity index (χ1v) is 4.47. The Labute approximate surface area is 104 Å². The van der Waals surface area contributed by atoms with Crippen LogP contribution >= 0.6 is 11.6 Å². The van der Waals surface area contributed by atoms with Crippen LogP contribution in [0.15, 0.2) is 6.07 Å². The number of ether oxygens (including phenoxy) is 1. The smallest absolute Gasteiger partial charge is 0.388 e. The topological polar surface area (TPSA) is 65.3 Å². The molecule has 0 aliphatic carbocycles. The fraction of sp³-hybridized carbons (Fsp3) is 0.286. The van der Waals surface area contributed by atoms with E-state index in [0.717, 1.165) is 0 Å². The van der Waals surface area contributed by atoms with Crippen molar-refractivity contribution in [3.8, 4) is 5.88 Å². The normalized spacial score (nSPS) is 12.4. The average molecular weight is 311 g/mol. The second kappa shape index (κ2) is 4.72. The monoisotopic (exact) mass is 310 g/mol. The predicted molar refractivity (Wildman–Crippen MR) is 47.6 cm³/mol. The van der Waals surface area contributed by atoms with Crippen molar-refractivity contribution in [2.24, 2.45) is 0 Å². The summed E-state index contributed by atoms with van der Waals surface area (Å²) in [5.41, 5.74) is -3.64. The number of nitro groups is 1. The maximum atomic E-state index is 12.5. The molecule has 0 saturated carbocycles. The van der Waals surface area contributed by atoms with Gasteiger partial charge in [-0.05, 0) is 0 Å². The summed E-state index contributed by atoms with van der Waals surface area (Å²) < 4.78 is 76.1. The van der Waals surface area contributed by atoms with Crippen LogP contribution in [0.1, 0.15) is 5.56 Å². The molecule has 0 saturated heterocycles. The third kappa shape index (κ3) is 3.84. The number of alkyl halides is 6. The quantitative estimate of drug-likeness (QED) is 0.362. The summed E-state index contributed by atoms with van der Waals surface area (Å²) in [4.78, 5) is 11.6. The van der Waals surface area contributed by atoms with E-state index < -0.39 is 39.7 Å². The van der Waals surface area contributed by atoms with Crippen LogP contribution in [0, 0.1) is 10.1 Å². The lowest BCUT2D eigenvalue weighted by Crippen LogP contribution is -2.19. The molecular formula is C7HClF6N2O3. The highest BCUT2D eigenvalue weighted by Crippen LogP contribution is 2.41. The standard InChI is InChI=1S/C7HClF6N2O3/c8-5-4(16(17)18)2(6(9,10)11)1-3(15-5)19-7(12,13)14/h1H. The Hall–Kier alpha value is -1.78. The van der Waals surface area contributed by atoms with E-state index in [9.17, 15) is 36.5 Å². The molecule has 1 heterocycles. The van der Waals surface area contributed by atoms with Gasteiger partial charge in [0.1, 0.15) is 5.56 Å². The van der Waals surface area contributed by atoms with Gasteiger partial charge in [0.25, 0.3) is 0 Å². The van der Waals surface area contributed by atoms with E-state index in [2.05, 4.69) is 9.72 Å². The summed E-state index contributed by atoms with van der Waals surface area (Å²) in [6.07, 6.45) is -10.6. The van der Waals surface area contributed by atoms with E-state index in [0.29, 0.717) is 0 Å². The Morgan fingerprint density at radius 2 is 1.79 bits per heavy atom. The molecule has 0 aliphatic heterocycles. The molecule has 5 nitrogen and oxygen atoms in total. The first-order valence-electron chi connectivity index (χ1n) is 4.09. The van der Waals surface area contributed by atoms with E-state index in [1.165, 1.54) is 0 Å². The van der Waals surface area contributed by atoms with Gasteiger partial charge in [0, 0.05) is 6.07 Å². The van der Waals surface area contributed by atoms with Gasteiger partial charge in [-0.1, -0.05) is 11.6 Å². The van der Waals surface area contributed by atoms with Crippen LogP contribution in [-0.4, -0.2) is 16.3 Å². The number of pyridine rings is 1. The van der Waals surface area contributed by atoms with Crippen LogP contribution < -0.4 is 4.74 Å². The van der Waals surface area contributed by atoms with E-state index in [1.807, 2.05) is 0 Å². The summed E-state index contributed by atoms with van der Waals surface area (Å²) in [6, 6.07) is -0.252. The zero-order valence-corrected chi connectivity index (χ0v) is 9.10. The lowest BCUT2D eigenvalue weighted by Gasteiger charge is -2.12. The van der Waals surface area contributed by atoms with Gasteiger partial charge in [-0.3, -0.25) is 10.1 Å². The van der Waals surface area contributed by atoms with Crippen LogP contribution in [0.4, 0.5) is 32.0 Å². The Bertz CT molecular complexity index is 515. The van der Waals surface area contributed by atoms with Crippen molar-refractivity contribution < 1.29 is 36.0 Å². The summed E-state index contributed by atoms with van der Waals surface area (Å²) >= 11 is 5.06. The van der Waals surface area contributed by atoms with E-state index in [-0.39, 0.29) is 6.07 Å². The van der Waals surface area contributed by atoms with Gasteiger partial charge in [-0.25, -0.2) is 0 Å². The molecule has 0 aromatic carbocycles. The second-order valence-corrected chi connectivity index (χ2v) is 3.31. The number of rotatable bonds is 2. The number of halogens is 7. The zero-order valence-electron chi connectivity index (χ0n) is 8.34. The van der Waals surface area contributed by atoms with Crippen LogP contribution in [0.5, 0.6) is 5.88 Å². The van der Waals surface area contributed by atoms with Crippen LogP contribution in [0.2, 0.25) is 5.15 Å². The first-order chi connectivity index (χ1) is 8.42. The lowest BCUT2D eigenvalue weighted by molar-refractivity contribution is -0.388. The Morgan fingerprint density at radius 1 is 1.26 bits per heavy atom. The molecule has 0 aliphatic rings. The maximum absolute atomic E-state index is 12.5. The fourth-order valence-electron chi connectivity index (χ4n) is 1.05. The molecule has 0 radical (unpaired) electrons. The van der Waals surface area contributed by atoms with E-state index >= 15 is 0 Å². The molecule has 1 aromatic rings. The minimum absolute atomic E-state index is 0.252. The number of nitrogens with zero attached hydrogens (tertiary/aromatic N) is 2. The van der Waals surface area contributed by atoms with Crippen LogP contribution in [0.25, 0.3) is 0 Å². The van der Waals surface area contributed by atoms with Crippen molar-refractivity contribution in [3.05, 3.63) is 26.9 Å². The SMILES string of the molecule is O=[N+]([O-])c1c(C(F)(F)F)cc(OC(F)(F)F)nc1Cl. The molecule has 106 valence electrons. The van der Waals surface area contributed by atoms with Crippen molar-refractivity contribution in [2.75, 3.05) is 0 Å². The molecule has 12 heteroatoms. The van der Waals surface area contributed by atoms with Crippen molar-refractivity contribution >= 4 is 17.3 Å². The molecule has 1 rings (SSSR count). The molecule has 0 unspecified atom stereocenters. The van der Waals surface area contributed by atoms with Crippen molar-refractivity contribution in [1.29, 1.82) is 0 Å². The first kappa shape index (κ1) is 15.3. The van der Waals surface area contributed by atoms with Gasteiger partial charge < -0.3 is 4.74 Å². The fourth-order valence-corrected chi connectivity index (χ4v) is 1.30. The number of hydrogen-bond donors (Lipinski definition) is 0. The van der Waals surface area contributed by atoms with E-state index in [1.54, 1.807) is 0 Å². The third-order valence-corrected chi connectivity index (χ3v) is 1.90. The van der Waals surface area contributed by atoms with Crippen molar-refractivity contribution in [1.82, 2.24) is 4.98 Å². The summed E-state index contributed by atoms with van der Waals surface area (Å²) in [5, 5.41) is 9.04. The third-order valence-electron chi connectivity index (χ3n) is 1.63. The maximum Gasteiger partial charge on any atom is 0.574 e. The Kier molecular flexibility index (Phi) is 3.79. The average Bonchev–Trinajstić information content (AvgIpc) is 2.11. The summed E-state index contributed by atoms with van der Waals surface area (Å²) in [6.45, 7) is 0. The van der Waals surface area contributed by atoms with Crippen LogP contribution in [0.3, 0.4) is 0 Å².